The van der Waals surface area contributed by atoms with Crippen LogP contribution in [0.25, 0.3) is 11.4 Å². The molecule has 0 atom stereocenters. The molecule has 3 aromatic rings. The van der Waals surface area contributed by atoms with Gasteiger partial charge in [0.15, 0.2) is 11.0 Å². The largest absolute Gasteiger partial charge is 0.322 e. The van der Waals surface area contributed by atoms with Crippen molar-refractivity contribution in [2.45, 2.75) is 25.5 Å². The Morgan fingerprint density at radius 1 is 1.26 bits per heavy atom. The van der Waals surface area contributed by atoms with E-state index in [1.54, 1.807) is 10.8 Å². The number of rotatable bonds is 7. The van der Waals surface area contributed by atoms with E-state index in [4.69, 9.17) is 0 Å². The number of carbonyl (C=O) groups excluding carboxylic acids is 1. The molecule has 0 aliphatic carbocycles. The van der Waals surface area contributed by atoms with Gasteiger partial charge in [-0.1, -0.05) is 48.2 Å². The monoisotopic (exact) mass is 382 g/mol. The summed E-state index contributed by atoms with van der Waals surface area (Å²) in [4.78, 5) is 12.4. The number of anilines is 1. The lowest BCUT2D eigenvalue weighted by Crippen LogP contribution is -2.15. The van der Waals surface area contributed by atoms with Gasteiger partial charge in [0.05, 0.1) is 22.8 Å². The van der Waals surface area contributed by atoms with E-state index < -0.39 is 0 Å². The van der Waals surface area contributed by atoms with Crippen LogP contribution >= 0.6 is 11.8 Å². The minimum absolute atomic E-state index is 0.103. The summed E-state index contributed by atoms with van der Waals surface area (Å²) < 4.78 is 3.71. The second-order valence-electron chi connectivity index (χ2n) is 6.08. The van der Waals surface area contributed by atoms with Gasteiger partial charge in [-0.3, -0.25) is 14.0 Å². The fourth-order valence-electron chi connectivity index (χ4n) is 2.75. The van der Waals surface area contributed by atoms with E-state index in [-0.39, 0.29) is 11.7 Å². The number of hydrogen-bond donors (Lipinski definition) is 1. The molecule has 8 heteroatoms. The number of benzene rings is 1. The van der Waals surface area contributed by atoms with Crippen LogP contribution in [0.5, 0.6) is 0 Å². The molecule has 1 aromatic carbocycles. The Labute approximate surface area is 162 Å². The molecule has 2 aromatic heterocycles. The van der Waals surface area contributed by atoms with Gasteiger partial charge in [0.2, 0.25) is 5.91 Å². The lowest BCUT2D eigenvalue weighted by atomic mass is 10.2. The first-order valence-electron chi connectivity index (χ1n) is 8.53. The Balaban J connectivity index is 1.73. The normalized spacial score (nSPS) is 10.8. The van der Waals surface area contributed by atoms with Crippen LogP contribution in [0.2, 0.25) is 0 Å². The smallest absolute Gasteiger partial charge is 0.234 e. The fraction of sp³-hybridized carbons (Fsp3) is 0.263. The number of nitrogens with zero attached hydrogens (tertiary/aromatic N) is 5. The van der Waals surface area contributed by atoms with Crippen molar-refractivity contribution in [2.24, 2.45) is 7.05 Å². The molecule has 0 fully saturated rings. The number of hydrogen-bond acceptors (Lipinski definition) is 5. The van der Waals surface area contributed by atoms with Gasteiger partial charge in [-0.25, -0.2) is 0 Å². The highest BCUT2D eigenvalue weighted by atomic mass is 32.2. The summed E-state index contributed by atoms with van der Waals surface area (Å²) in [5.74, 6) is 0.892. The van der Waals surface area contributed by atoms with Gasteiger partial charge in [-0.05, 0) is 13.8 Å². The molecule has 0 aliphatic heterocycles. The average molecular weight is 382 g/mol. The first kappa shape index (κ1) is 18.9. The van der Waals surface area contributed by atoms with Crippen LogP contribution in [0.1, 0.15) is 11.4 Å². The molecular formula is C19H22N6OS. The van der Waals surface area contributed by atoms with Gasteiger partial charge in [-0.2, -0.15) is 5.10 Å². The molecule has 0 unspecified atom stereocenters. The third-order valence-corrected chi connectivity index (χ3v) is 5.13. The van der Waals surface area contributed by atoms with Crippen LogP contribution in [0.15, 0.2) is 48.1 Å². The predicted octanol–water partition coefficient (Wildman–Crippen LogP) is 3.21. The van der Waals surface area contributed by atoms with E-state index in [9.17, 15) is 4.79 Å². The molecule has 2 heterocycles. The van der Waals surface area contributed by atoms with Crippen molar-refractivity contribution in [3.8, 4) is 11.4 Å². The van der Waals surface area contributed by atoms with Crippen molar-refractivity contribution < 1.29 is 4.79 Å². The van der Waals surface area contributed by atoms with E-state index in [1.165, 1.54) is 11.8 Å². The van der Waals surface area contributed by atoms with E-state index in [2.05, 4.69) is 27.2 Å². The van der Waals surface area contributed by atoms with E-state index in [0.29, 0.717) is 11.7 Å². The number of aromatic nitrogens is 5. The molecule has 1 N–H and O–H groups in total. The standard InChI is InChI=1S/C19H22N6OS/c1-5-11-25-18(15-9-7-6-8-10-15)21-22-19(25)27-12-16(26)20-17-13(2)23-24(4)14(17)3/h5-10H,1,11-12H2,2-4H3,(H,20,26). The Morgan fingerprint density at radius 2 is 2.00 bits per heavy atom. The lowest BCUT2D eigenvalue weighted by molar-refractivity contribution is -0.113. The van der Waals surface area contributed by atoms with Gasteiger partial charge in [0.25, 0.3) is 0 Å². The number of thioether (sulfide) groups is 1. The third kappa shape index (κ3) is 4.11. The molecule has 1 amide bonds. The fourth-order valence-corrected chi connectivity index (χ4v) is 3.50. The number of aryl methyl sites for hydroxylation is 2. The van der Waals surface area contributed by atoms with Gasteiger partial charge >= 0.3 is 0 Å². The van der Waals surface area contributed by atoms with Crippen LogP contribution in [0.3, 0.4) is 0 Å². The summed E-state index contributed by atoms with van der Waals surface area (Å²) in [5, 5.41) is 16.5. The Morgan fingerprint density at radius 3 is 2.63 bits per heavy atom. The molecule has 0 aliphatic rings. The van der Waals surface area contributed by atoms with Crippen LogP contribution in [-0.2, 0) is 18.4 Å². The molecule has 27 heavy (non-hydrogen) atoms. The van der Waals surface area contributed by atoms with Gasteiger partial charge in [0.1, 0.15) is 0 Å². The zero-order valence-electron chi connectivity index (χ0n) is 15.6. The van der Waals surface area contributed by atoms with Crippen LogP contribution in [-0.4, -0.2) is 36.2 Å². The summed E-state index contributed by atoms with van der Waals surface area (Å²) in [6.07, 6.45) is 1.79. The molecule has 0 bridgehead atoms. The molecule has 7 nitrogen and oxygen atoms in total. The van der Waals surface area contributed by atoms with Gasteiger partial charge in [-0.15, -0.1) is 16.8 Å². The van der Waals surface area contributed by atoms with E-state index >= 15 is 0 Å². The maximum absolute atomic E-state index is 12.4. The Hall–Kier alpha value is -2.87. The summed E-state index contributed by atoms with van der Waals surface area (Å²) in [7, 11) is 1.86. The molecule has 140 valence electrons. The van der Waals surface area contributed by atoms with E-state index in [0.717, 1.165) is 28.5 Å². The summed E-state index contributed by atoms with van der Waals surface area (Å²) in [6, 6.07) is 9.85. The van der Waals surface area contributed by atoms with E-state index in [1.807, 2.05) is 55.8 Å². The SMILES string of the molecule is C=CCn1c(SCC(=O)Nc2c(C)nn(C)c2C)nnc1-c1ccccc1. The second kappa shape index (κ2) is 8.22. The van der Waals surface area contributed by atoms with Crippen molar-refractivity contribution in [2.75, 3.05) is 11.1 Å². The minimum Gasteiger partial charge on any atom is -0.322 e. The van der Waals surface area contributed by atoms with Crippen molar-refractivity contribution in [1.29, 1.82) is 0 Å². The number of carbonyl (C=O) groups is 1. The first-order valence-corrected chi connectivity index (χ1v) is 9.52. The Bertz CT molecular complexity index is 960. The summed E-state index contributed by atoms with van der Waals surface area (Å²) >= 11 is 1.35. The quantitative estimate of drug-likeness (QED) is 0.501. The number of nitrogens with one attached hydrogen (secondary N) is 1. The highest BCUT2D eigenvalue weighted by Crippen LogP contribution is 2.25. The highest BCUT2D eigenvalue weighted by Gasteiger charge is 2.16. The summed E-state index contributed by atoms with van der Waals surface area (Å²) in [5.41, 5.74) is 3.46. The maximum Gasteiger partial charge on any atom is 0.234 e. The average Bonchev–Trinajstić information content (AvgIpc) is 3.17. The van der Waals surface area contributed by atoms with Crippen LogP contribution in [0, 0.1) is 13.8 Å². The first-order chi connectivity index (χ1) is 13.0. The van der Waals surface area contributed by atoms with Gasteiger partial charge in [0, 0.05) is 19.2 Å². The molecule has 0 spiro atoms. The lowest BCUT2D eigenvalue weighted by Gasteiger charge is -2.08. The molecule has 0 saturated heterocycles. The molecular weight excluding hydrogens is 360 g/mol. The molecule has 3 rings (SSSR count). The topological polar surface area (TPSA) is 77.6 Å². The van der Waals surface area contributed by atoms with Crippen LogP contribution in [0.4, 0.5) is 5.69 Å². The van der Waals surface area contributed by atoms with Crippen molar-refractivity contribution in [3.05, 3.63) is 54.4 Å². The number of amides is 1. The van der Waals surface area contributed by atoms with Gasteiger partial charge < -0.3 is 5.32 Å². The zero-order valence-corrected chi connectivity index (χ0v) is 16.5. The third-order valence-electron chi connectivity index (χ3n) is 4.17. The zero-order chi connectivity index (χ0) is 19.4. The van der Waals surface area contributed by atoms with Crippen molar-refractivity contribution in [3.63, 3.8) is 0 Å². The molecule has 0 radical (unpaired) electrons. The number of allylic oxidation sites excluding steroid dienone is 1. The van der Waals surface area contributed by atoms with Crippen molar-refractivity contribution >= 4 is 23.4 Å². The second-order valence-corrected chi connectivity index (χ2v) is 7.02. The summed E-state index contributed by atoms with van der Waals surface area (Å²) in [6.45, 7) is 8.19. The molecule has 0 saturated carbocycles. The van der Waals surface area contributed by atoms with Crippen molar-refractivity contribution in [1.82, 2.24) is 24.5 Å². The highest BCUT2D eigenvalue weighted by molar-refractivity contribution is 7.99. The minimum atomic E-state index is -0.103. The Kier molecular flexibility index (Phi) is 5.75. The van der Waals surface area contributed by atoms with Crippen LogP contribution < -0.4 is 5.32 Å². The maximum atomic E-state index is 12.4. The predicted molar refractivity (Wildman–Crippen MR) is 108 cm³/mol.